The van der Waals surface area contributed by atoms with E-state index in [1.54, 1.807) is 0 Å². The number of amidine groups is 1. The van der Waals surface area contributed by atoms with Crippen LogP contribution in [0.3, 0.4) is 0 Å². The predicted molar refractivity (Wildman–Crippen MR) is 104 cm³/mol. The third-order valence-corrected chi connectivity index (χ3v) is 5.69. The number of benzene rings is 1. The Hall–Kier alpha value is -2.84. The van der Waals surface area contributed by atoms with Crippen molar-refractivity contribution in [1.29, 1.82) is 0 Å². The maximum atomic E-state index is 14.1. The van der Waals surface area contributed by atoms with Crippen LogP contribution in [0.5, 0.6) is 0 Å². The summed E-state index contributed by atoms with van der Waals surface area (Å²) < 4.78 is 86.0. The van der Waals surface area contributed by atoms with E-state index in [2.05, 4.69) is 10.1 Å². The van der Waals surface area contributed by atoms with Gasteiger partial charge in [-0.2, -0.15) is 22.7 Å². The first kappa shape index (κ1) is 23.3. The molecule has 1 saturated heterocycles. The lowest BCUT2D eigenvalue weighted by Crippen LogP contribution is -2.48. The van der Waals surface area contributed by atoms with Crippen LogP contribution in [0.25, 0.3) is 0 Å². The number of halogens is 6. The summed E-state index contributed by atoms with van der Waals surface area (Å²) in [6, 6.07) is 2.09. The minimum Gasteiger partial charge on any atom is -0.379 e. The fourth-order valence-electron chi connectivity index (χ4n) is 4.22. The average molecular weight is 477 g/mol. The van der Waals surface area contributed by atoms with Crippen LogP contribution < -0.4 is 16.9 Å². The molecule has 0 saturated carbocycles. The molecule has 33 heavy (non-hydrogen) atoms. The van der Waals surface area contributed by atoms with E-state index in [0.29, 0.717) is 16.7 Å². The Morgan fingerprint density at radius 1 is 1.21 bits per heavy atom. The minimum absolute atomic E-state index is 0.0216. The van der Waals surface area contributed by atoms with Crippen molar-refractivity contribution in [3.8, 4) is 0 Å². The fourth-order valence-corrected chi connectivity index (χ4v) is 4.22. The lowest BCUT2D eigenvalue weighted by molar-refractivity contribution is -0.0539. The van der Waals surface area contributed by atoms with E-state index in [-0.39, 0.29) is 37.0 Å². The number of nitrogens with one attached hydrogen (secondary N) is 1. The van der Waals surface area contributed by atoms with Crippen molar-refractivity contribution in [3.63, 3.8) is 0 Å². The number of alkyl halides is 4. The second-order valence-electron chi connectivity index (χ2n) is 7.78. The van der Waals surface area contributed by atoms with Crippen LogP contribution in [0.15, 0.2) is 23.3 Å². The first-order chi connectivity index (χ1) is 15.7. The molecule has 2 aliphatic heterocycles. The molecule has 1 fully saturated rings. The van der Waals surface area contributed by atoms with E-state index in [9.17, 15) is 26.3 Å². The highest BCUT2D eigenvalue weighted by molar-refractivity contribution is 5.94. The van der Waals surface area contributed by atoms with Gasteiger partial charge < -0.3 is 16.2 Å². The van der Waals surface area contributed by atoms with E-state index >= 15 is 0 Å². The van der Waals surface area contributed by atoms with Crippen LogP contribution in [0.1, 0.15) is 41.8 Å². The van der Waals surface area contributed by atoms with E-state index in [0.717, 1.165) is 18.2 Å². The van der Waals surface area contributed by atoms with Gasteiger partial charge in [0.2, 0.25) is 0 Å². The van der Waals surface area contributed by atoms with Crippen molar-refractivity contribution in [2.24, 2.45) is 16.6 Å². The maximum absolute atomic E-state index is 14.1. The zero-order valence-corrected chi connectivity index (χ0v) is 17.1. The number of nitrogens with two attached hydrogens (primary N) is 2. The zero-order chi connectivity index (χ0) is 23.9. The highest BCUT2D eigenvalue weighted by Gasteiger charge is 2.39. The van der Waals surface area contributed by atoms with Crippen LogP contribution in [-0.4, -0.2) is 45.5 Å². The van der Waals surface area contributed by atoms with Crippen molar-refractivity contribution < 1.29 is 31.1 Å². The molecule has 5 N–H and O–H groups in total. The van der Waals surface area contributed by atoms with Crippen LogP contribution in [0, 0.1) is 11.6 Å². The van der Waals surface area contributed by atoms with E-state index < -0.39 is 48.5 Å². The molecule has 3 atom stereocenters. The van der Waals surface area contributed by atoms with Crippen molar-refractivity contribution in [1.82, 2.24) is 19.9 Å². The summed E-state index contributed by atoms with van der Waals surface area (Å²) >= 11 is 0. The molecule has 0 amide bonds. The van der Waals surface area contributed by atoms with E-state index in [1.165, 1.54) is 5.43 Å². The summed E-state index contributed by atoms with van der Waals surface area (Å²) in [7, 11) is 0. The molecule has 2 unspecified atom stereocenters. The first-order valence-electron chi connectivity index (χ1n) is 9.97. The number of imidazole rings is 1. The molecule has 2 aromatic rings. The Morgan fingerprint density at radius 2 is 1.97 bits per heavy atom. The lowest BCUT2D eigenvalue weighted by Gasteiger charge is -2.38. The maximum Gasteiger partial charge on any atom is 0.327 e. The van der Waals surface area contributed by atoms with Gasteiger partial charge in [0.25, 0.3) is 0 Å². The summed E-state index contributed by atoms with van der Waals surface area (Å²) in [5.74, 6) is -2.26. The lowest BCUT2D eigenvalue weighted by atomic mass is 9.93. The Morgan fingerprint density at radius 3 is 2.64 bits per heavy atom. The average Bonchev–Trinajstić information content (AvgIpc) is 3.31. The second kappa shape index (κ2) is 9.19. The van der Waals surface area contributed by atoms with Crippen molar-refractivity contribution in [2.45, 2.75) is 50.8 Å². The van der Waals surface area contributed by atoms with Crippen LogP contribution >= 0.6 is 0 Å². The molecular formula is C19H21F6N7O. The summed E-state index contributed by atoms with van der Waals surface area (Å²) in [4.78, 5) is 5.90. The summed E-state index contributed by atoms with van der Waals surface area (Å²) in [6.07, 6.45) is -0.506. The van der Waals surface area contributed by atoms with Gasteiger partial charge >= 0.3 is 13.1 Å². The topological polar surface area (TPSA) is 107 Å². The quantitative estimate of drug-likeness (QED) is 0.194. The molecule has 0 aliphatic carbocycles. The summed E-state index contributed by atoms with van der Waals surface area (Å²) in [6.45, 7) is -5.70. The number of ether oxygens (including phenoxy) is 1. The number of aromatic nitrogens is 2. The van der Waals surface area contributed by atoms with Crippen LogP contribution in [-0.2, 0) is 17.8 Å². The molecule has 2 aliphatic rings. The van der Waals surface area contributed by atoms with Crippen LogP contribution in [0.4, 0.5) is 26.3 Å². The van der Waals surface area contributed by atoms with Crippen molar-refractivity contribution >= 4 is 5.84 Å². The molecule has 8 nitrogen and oxygen atoms in total. The van der Waals surface area contributed by atoms with E-state index in [4.69, 9.17) is 16.2 Å². The summed E-state index contributed by atoms with van der Waals surface area (Å²) in [5, 5.41) is 3.19. The van der Waals surface area contributed by atoms with Gasteiger partial charge in [0.05, 0.1) is 18.0 Å². The van der Waals surface area contributed by atoms with Gasteiger partial charge in [-0.3, -0.25) is 9.47 Å². The predicted octanol–water partition coefficient (Wildman–Crippen LogP) is 2.16. The summed E-state index contributed by atoms with van der Waals surface area (Å²) in [5.41, 5.74) is 13.6. The number of hydrogen-bond acceptors (Lipinski definition) is 6. The van der Waals surface area contributed by atoms with Crippen LogP contribution in [0.2, 0.25) is 0 Å². The smallest absolute Gasteiger partial charge is 0.327 e. The standard InChI is InChI=1S/C19H21F6N7O/c20-8-1-2-11(21)10(3-8)15-12(26)4-9(7-33-15)31-5-13-14(6-31)32(19(24)25)17(28-13)16(27)29-30-18(22)23/h1-3,9,12,15,18-19,30H,4-7,26H2,(H2,27,29)/t9?,12?,15-/m1/s1. The number of rotatable bonds is 6. The normalized spacial score (nSPS) is 24.0. The Balaban J connectivity index is 1.48. The molecule has 14 heteroatoms. The monoisotopic (exact) mass is 477 g/mol. The Kier molecular flexibility index (Phi) is 6.50. The molecular weight excluding hydrogens is 456 g/mol. The highest BCUT2D eigenvalue weighted by Crippen LogP contribution is 2.35. The van der Waals surface area contributed by atoms with Crippen molar-refractivity contribution in [2.75, 3.05) is 6.61 Å². The SMILES string of the molecule is N/C(=N\NC(F)F)c1nc2c(n1C(F)F)CN(C1CO[C@H](c3cc(F)ccc3F)C(N)C1)C2. The third-order valence-electron chi connectivity index (χ3n) is 5.69. The number of fused-ring (bicyclic) bond motifs is 1. The molecule has 4 rings (SSSR count). The zero-order valence-electron chi connectivity index (χ0n) is 17.1. The van der Waals surface area contributed by atoms with Gasteiger partial charge in [0.1, 0.15) is 17.7 Å². The Labute approximate surface area is 184 Å². The molecule has 1 aromatic heterocycles. The number of hydrogen-bond donors (Lipinski definition) is 3. The van der Waals surface area contributed by atoms with Gasteiger partial charge in [-0.05, 0) is 24.6 Å². The first-order valence-corrected chi connectivity index (χ1v) is 9.97. The third kappa shape index (κ3) is 4.63. The highest BCUT2D eigenvalue weighted by atomic mass is 19.3. The number of nitrogens with zero attached hydrogens (tertiary/aromatic N) is 4. The molecule has 1 aromatic carbocycles. The van der Waals surface area contributed by atoms with E-state index in [1.807, 2.05) is 4.90 Å². The fraction of sp³-hybridized carbons (Fsp3) is 0.474. The van der Waals surface area contributed by atoms with Gasteiger partial charge in [0, 0.05) is 30.7 Å². The van der Waals surface area contributed by atoms with Gasteiger partial charge in [0.15, 0.2) is 11.7 Å². The molecule has 0 radical (unpaired) electrons. The second-order valence-corrected chi connectivity index (χ2v) is 7.78. The molecule has 3 heterocycles. The largest absolute Gasteiger partial charge is 0.379 e. The van der Waals surface area contributed by atoms with Gasteiger partial charge in [-0.15, -0.1) is 0 Å². The van der Waals surface area contributed by atoms with Crippen molar-refractivity contribution in [3.05, 3.63) is 52.6 Å². The van der Waals surface area contributed by atoms with Gasteiger partial charge in [-0.25, -0.2) is 19.2 Å². The minimum atomic E-state index is -3.03. The number of hydrazone groups is 1. The Bertz CT molecular complexity index is 1050. The molecule has 0 spiro atoms. The molecule has 180 valence electrons. The van der Waals surface area contributed by atoms with Gasteiger partial charge in [-0.1, -0.05) is 0 Å². The molecule has 0 bridgehead atoms.